The van der Waals surface area contributed by atoms with Crippen molar-refractivity contribution in [2.45, 2.75) is 26.7 Å². The molecule has 1 heterocycles. The maximum atomic E-state index is 12.8. The molecule has 2 aromatic rings. The van der Waals surface area contributed by atoms with Crippen LogP contribution in [0.25, 0.3) is 11.3 Å². The zero-order valence-corrected chi connectivity index (χ0v) is 13.5. The van der Waals surface area contributed by atoms with Gasteiger partial charge in [-0.25, -0.2) is 4.98 Å². The first kappa shape index (κ1) is 16.7. The van der Waals surface area contributed by atoms with Gasteiger partial charge in [0, 0.05) is 29.8 Å². The standard InChI is InChI=1S/C17H22N4O2/c1-3-5-21(6-4-2)17(23)14-8-12(15-10-19-11-20-15)7-13(9-14)16(18)22/h7-11H,3-6H2,1-2H3,(H2,18,22)(H,19,20). The smallest absolute Gasteiger partial charge is 0.253 e. The summed E-state index contributed by atoms with van der Waals surface area (Å²) in [6.07, 6.45) is 4.96. The molecule has 6 nitrogen and oxygen atoms in total. The largest absolute Gasteiger partial charge is 0.366 e. The highest BCUT2D eigenvalue weighted by atomic mass is 16.2. The van der Waals surface area contributed by atoms with E-state index in [1.807, 2.05) is 13.8 Å². The van der Waals surface area contributed by atoms with E-state index in [9.17, 15) is 9.59 Å². The van der Waals surface area contributed by atoms with Crippen molar-refractivity contribution >= 4 is 11.8 Å². The second kappa shape index (κ2) is 7.58. The van der Waals surface area contributed by atoms with Crippen LogP contribution in [0.3, 0.4) is 0 Å². The highest BCUT2D eigenvalue weighted by Gasteiger charge is 2.17. The maximum Gasteiger partial charge on any atom is 0.253 e. The van der Waals surface area contributed by atoms with Crippen molar-refractivity contribution in [3.05, 3.63) is 41.9 Å². The number of carbonyl (C=O) groups is 2. The van der Waals surface area contributed by atoms with Gasteiger partial charge in [-0.05, 0) is 31.0 Å². The molecular weight excluding hydrogens is 292 g/mol. The van der Waals surface area contributed by atoms with Gasteiger partial charge in [0.25, 0.3) is 5.91 Å². The van der Waals surface area contributed by atoms with E-state index in [-0.39, 0.29) is 5.91 Å². The van der Waals surface area contributed by atoms with Gasteiger partial charge in [0.05, 0.1) is 18.2 Å². The molecule has 23 heavy (non-hydrogen) atoms. The number of amides is 2. The number of nitrogens with one attached hydrogen (secondary N) is 1. The Labute approximate surface area is 135 Å². The lowest BCUT2D eigenvalue weighted by atomic mass is 10.0. The number of imidazole rings is 1. The molecule has 0 aliphatic carbocycles. The number of rotatable bonds is 7. The van der Waals surface area contributed by atoms with E-state index in [2.05, 4.69) is 9.97 Å². The van der Waals surface area contributed by atoms with Crippen LogP contribution in [0.2, 0.25) is 0 Å². The maximum absolute atomic E-state index is 12.8. The van der Waals surface area contributed by atoms with Crippen LogP contribution >= 0.6 is 0 Å². The predicted octanol–water partition coefficient (Wildman–Crippen LogP) is 2.44. The zero-order chi connectivity index (χ0) is 16.8. The van der Waals surface area contributed by atoms with Crippen LogP contribution in [-0.2, 0) is 0 Å². The van der Waals surface area contributed by atoms with Crippen LogP contribution in [0.4, 0.5) is 0 Å². The van der Waals surface area contributed by atoms with Gasteiger partial charge < -0.3 is 15.6 Å². The van der Waals surface area contributed by atoms with Gasteiger partial charge in [0.1, 0.15) is 0 Å². The Morgan fingerprint density at radius 2 is 1.78 bits per heavy atom. The molecule has 2 rings (SSSR count). The Morgan fingerprint density at radius 3 is 2.30 bits per heavy atom. The average Bonchev–Trinajstić information content (AvgIpc) is 3.08. The molecule has 1 aromatic heterocycles. The van der Waals surface area contributed by atoms with Gasteiger partial charge >= 0.3 is 0 Å². The summed E-state index contributed by atoms with van der Waals surface area (Å²) < 4.78 is 0. The molecule has 122 valence electrons. The third kappa shape index (κ3) is 3.97. The van der Waals surface area contributed by atoms with Crippen molar-refractivity contribution < 1.29 is 9.59 Å². The fourth-order valence-electron chi connectivity index (χ4n) is 2.50. The second-order valence-corrected chi connectivity index (χ2v) is 5.42. The van der Waals surface area contributed by atoms with E-state index in [1.165, 1.54) is 0 Å². The van der Waals surface area contributed by atoms with E-state index in [4.69, 9.17) is 5.73 Å². The number of nitrogens with two attached hydrogens (primary N) is 1. The lowest BCUT2D eigenvalue weighted by Crippen LogP contribution is -2.32. The van der Waals surface area contributed by atoms with Gasteiger partial charge in [-0.3, -0.25) is 9.59 Å². The minimum atomic E-state index is -0.557. The first-order chi connectivity index (χ1) is 11.1. The summed E-state index contributed by atoms with van der Waals surface area (Å²) in [6.45, 7) is 5.44. The van der Waals surface area contributed by atoms with Crippen LogP contribution in [0, 0.1) is 0 Å². The van der Waals surface area contributed by atoms with Gasteiger partial charge in [-0.15, -0.1) is 0 Å². The third-order valence-electron chi connectivity index (χ3n) is 3.55. The molecule has 6 heteroatoms. The van der Waals surface area contributed by atoms with Gasteiger partial charge in [0.2, 0.25) is 5.91 Å². The monoisotopic (exact) mass is 314 g/mol. The fourth-order valence-corrected chi connectivity index (χ4v) is 2.50. The SMILES string of the molecule is CCCN(CCC)C(=O)c1cc(C(N)=O)cc(-c2cnc[nH]2)c1. The van der Waals surface area contributed by atoms with E-state index in [0.717, 1.165) is 24.1 Å². The molecule has 0 spiro atoms. The Bertz CT molecular complexity index is 674. The van der Waals surface area contributed by atoms with Gasteiger partial charge in [0.15, 0.2) is 0 Å². The lowest BCUT2D eigenvalue weighted by molar-refractivity contribution is 0.0755. The Hall–Kier alpha value is -2.63. The molecule has 0 aliphatic rings. The molecule has 0 radical (unpaired) electrons. The zero-order valence-electron chi connectivity index (χ0n) is 13.5. The number of aromatic amines is 1. The van der Waals surface area contributed by atoms with Gasteiger partial charge in [-0.2, -0.15) is 0 Å². The normalized spacial score (nSPS) is 10.5. The number of hydrogen-bond acceptors (Lipinski definition) is 3. The van der Waals surface area contributed by atoms with Crippen LogP contribution in [0.1, 0.15) is 47.4 Å². The van der Waals surface area contributed by atoms with Crippen molar-refractivity contribution in [1.29, 1.82) is 0 Å². The molecule has 0 fully saturated rings. The van der Waals surface area contributed by atoms with Crippen LogP contribution in [0.15, 0.2) is 30.7 Å². The molecule has 0 saturated carbocycles. The van der Waals surface area contributed by atoms with E-state index >= 15 is 0 Å². The van der Waals surface area contributed by atoms with Crippen molar-refractivity contribution in [3.8, 4) is 11.3 Å². The summed E-state index contributed by atoms with van der Waals surface area (Å²) in [4.78, 5) is 33.1. The first-order valence-electron chi connectivity index (χ1n) is 7.79. The van der Waals surface area contributed by atoms with Crippen LogP contribution < -0.4 is 5.73 Å². The van der Waals surface area contributed by atoms with Crippen molar-refractivity contribution in [2.75, 3.05) is 13.1 Å². The molecule has 0 atom stereocenters. The minimum Gasteiger partial charge on any atom is -0.366 e. The molecule has 0 unspecified atom stereocenters. The third-order valence-corrected chi connectivity index (χ3v) is 3.55. The Morgan fingerprint density at radius 1 is 1.13 bits per heavy atom. The number of carbonyl (C=O) groups excluding carboxylic acids is 2. The van der Waals surface area contributed by atoms with Crippen LogP contribution in [0.5, 0.6) is 0 Å². The molecule has 0 aliphatic heterocycles. The molecule has 0 bridgehead atoms. The molecular formula is C17H22N4O2. The number of hydrogen-bond donors (Lipinski definition) is 2. The van der Waals surface area contributed by atoms with E-state index in [0.29, 0.717) is 24.2 Å². The number of H-pyrrole nitrogens is 1. The van der Waals surface area contributed by atoms with Crippen molar-refractivity contribution in [1.82, 2.24) is 14.9 Å². The highest BCUT2D eigenvalue weighted by molar-refractivity contribution is 6.00. The van der Waals surface area contributed by atoms with Crippen LogP contribution in [-0.4, -0.2) is 39.8 Å². The Kier molecular flexibility index (Phi) is 5.51. The minimum absolute atomic E-state index is 0.0856. The van der Waals surface area contributed by atoms with Crippen molar-refractivity contribution in [2.24, 2.45) is 5.73 Å². The second-order valence-electron chi connectivity index (χ2n) is 5.42. The first-order valence-corrected chi connectivity index (χ1v) is 7.79. The molecule has 2 amide bonds. The molecule has 3 N–H and O–H groups in total. The topological polar surface area (TPSA) is 92.1 Å². The van der Waals surface area contributed by atoms with E-state index < -0.39 is 5.91 Å². The summed E-state index contributed by atoms with van der Waals surface area (Å²) in [5.41, 5.74) is 7.64. The number of primary amides is 1. The quantitative estimate of drug-likeness (QED) is 0.822. The lowest BCUT2D eigenvalue weighted by Gasteiger charge is -2.22. The molecule has 1 aromatic carbocycles. The number of nitrogens with zero attached hydrogens (tertiary/aromatic N) is 2. The fraction of sp³-hybridized carbons (Fsp3) is 0.353. The summed E-state index contributed by atoms with van der Waals surface area (Å²) in [6, 6.07) is 4.99. The number of benzene rings is 1. The molecule has 0 saturated heterocycles. The summed E-state index contributed by atoms with van der Waals surface area (Å²) >= 11 is 0. The summed E-state index contributed by atoms with van der Waals surface area (Å²) in [5.74, 6) is -0.643. The summed E-state index contributed by atoms with van der Waals surface area (Å²) in [7, 11) is 0. The Balaban J connectivity index is 2.44. The summed E-state index contributed by atoms with van der Waals surface area (Å²) in [5, 5.41) is 0. The average molecular weight is 314 g/mol. The predicted molar refractivity (Wildman–Crippen MR) is 89.0 cm³/mol. The van der Waals surface area contributed by atoms with E-state index in [1.54, 1.807) is 35.6 Å². The number of aromatic nitrogens is 2. The van der Waals surface area contributed by atoms with Crippen molar-refractivity contribution in [3.63, 3.8) is 0 Å². The highest BCUT2D eigenvalue weighted by Crippen LogP contribution is 2.21. The van der Waals surface area contributed by atoms with Gasteiger partial charge in [-0.1, -0.05) is 13.8 Å².